The van der Waals surface area contributed by atoms with Gasteiger partial charge >= 0.3 is 5.97 Å². The summed E-state index contributed by atoms with van der Waals surface area (Å²) in [4.78, 5) is 36.5. The fourth-order valence-corrected chi connectivity index (χ4v) is 2.36. The Morgan fingerprint density at radius 1 is 1.47 bits per heavy atom. The van der Waals surface area contributed by atoms with Crippen LogP contribution in [0.4, 0.5) is 0 Å². The van der Waals surface area contributed by atoms with E-state index in [9.17, 15) is 19.5 Å². The maximum absolute atomic E-state index is 12.1. The van der Waals surface area contributed by atoms with Crippen LogP contribution >= 0.6 is 0 Å². The molecule has 2 amide bonds. The number of rotatable bonds is 5. The Hall–Kier alpha value is -1.43. The van der Waals surface area contributed by atoms with Gasteiger partial charge in [0.25, 0.3) is 0 Å². The molecule has 2 fully saturated rings. The predicted molar refractivity (Wildman–Crippen MR) is 67.3 cm³/mol. The van der Waals surface area contributed by atoms with Crippen molar-refractivity contribution in [2.45, 2.75) is 51.6 Å². The molecule has 1 aliphatic heterocycles. The lowest BCUT2D eigenvalue weighted by Gasteiger charge is -2.30. The Balaban J connectivity index is 2.15. The van der Waals surface area contributed by atoms with Crippen molar-refractivity contribution in [1.82, 2.24) is 10.2 Å². The molecule has 2 rings (SSSR count). The minimum absolute atomic E-state index is 0.111. The Morgan fingerprint density at radius 2 is 2.05 bits per heavy atom. The first kappa shape index (κ1) is 14.0. The third-order valence-electron chi connectivity index (χ3n) is 3.76. The lowest BCUT2D eigenvalue weighted by Crippen LogP contribution is -2.58. The van der Waals surface area contributed by atoms with E-state index < -0.39 is 16.9 Å². The van der Waals surface area contributed by atoms with Gasteiger partial charge in [-0.25, -0.2) is 0 Å². The Morgan fingerprint density at radius 3 is 2.42 bits per heavy atom. The van der Waals surface area contributed by atoms with E-state index in [0.717, 1.165) is 17.7 Å². The summed E-state index contributed by atoms with van der Waals surface area (Å²) in [5.41, 5.74) is -2.00. The SMILES string of the molecule is CC1(C)CC(=O)N(CC(C)(NC2CC2)C(=O)O)C1=O. The number of nitrogens with zero attached hydrogens (tertiary/aromatic N) is 1. The largest absolute Gasteiger partial charge is 0.480 e. The molecule has 6 heteroatoms. The topological polar surface area (TPSA) is 86.7 Å². The van der Waals surface area contributed by atoms with Crippen molar-refractivity contribution in [1.29, 1.82) is 0 Å². The fourth-order valence-electron chi connectivity index (χ4n) is 2.36. The van der Waals surface area contributed by atoms with Crippen LogP contribution in [0, 0.1) is 5.41 Å². The lowest BCUT2D eigenvalue weighted by molar-refractivity contribution is -0.148. The average molecular weight is 268 g/mol. The van der Waals surface area contributed by atoms with Gasteiger partial charge in [0.15, 0.2) is 0 Å². The molecule has 1 unspecified atom stereocenters. The number of aliphatic carboxylic acids is 1. The van der Waals surface area contributed by atoms with Crippen LogP contribution in [0.25, 0.3) is 0 Å². The first-order chi connectivity index (χ1) is 8.66. The van der Waals surface area contributed by atoms with Crippen LogP contribution in [-0.2, 0) is 14.4 Å². The number of nitrogens with one attached hydrogen (secondary N) is 1. The molecule has 0 aromatic carbocycles. The highest BCUT2D eigenvalue weighted by molar-refractivity contribution is 6.06. The quantitative estimate of drug-likeness (QED) is 0.703. The molecular weight excluding hydrogens is 248 g/mol. The molecule has 0 aromatic heterocycles. The minimum atomic E-state index is -1.27. The molecule has 1 heterocycles. The van der Waals surface area contributed by atoms with Crippen molar-refractivity contribution >= 4 is 17.8 Å². The van der Waals surface area contributed by atoms with Crippen molar-refractivity contribution < 1.29 is 19.5 Å². The summed E-state index contributed by atoms with van der Waals surface area (Å²) in [6.45, 7) is 4.83. The third-order valence-corrected chi connectivity index (χ3v) is 3.76. The van der Waals surface area contributed by atoms with Crippen LogP contribution in [0.15, 0.2) is 0 Å². The number of hydrogen-bond donors (Lipinski definition) is 2. The molecule has 6 nitrogen and oxygen atoms in total. The molecule has 1 saturated carbocycles. The molecule has 0 aromatic rings. The number of imide groups is 1. The molecule has 0 bridgehead atoms. The normalized spacial score (nSPS) is 25.5. The maximum atomic E-state index is 12.1. The minimum Gasteiger partial charge on any atom is -0.480 e. The summed E-state index contributed by atoms with van der Waals surface area (Å²) in [6, 6.07) is 0.182. The van der Waals surface area contributed by atoms with Gasteiger partial charge in [0, 0.05) is 12.5 Å². The molecule has 0 spiro atoms. The van der Waals surface area contributed by atoms with E-state index in [2.05, 4.69) is 5.32 Å². The smallest absolute Gasteiger partial charge is 0.325 e. The van der Waals surface area contributed by atoms with Crippen LogP contribution < -0.4 is 5.32 Å². The van der Waals surface area contributed by atoms with Crippen molar-refractivity contribution in [3.8, 4) is 0 Å². The van der Waals surface area contributed by atoms with Gasteiger partial charge in [-0.2, -0.15) is 0 Å². The van der Waals surface area contributed by atoms with E-state index in [-0.39, 0.29) is 30.8 Å². The van der Waals surface area contributed by atoms with Gasteiger partial charge in [0.05, 0.1) is 12.0 Å². The molecule has 106 valence electrons. The summed E-state index contributed by atoms with van der Waals surface area (Å²) in [7, 11) is 0. The number of likely N-dealkylation sites (tertiary alicyclic amines) is 1. The molecule has 1 atom stereocenters. The van der Waals surface area contributed by atoms with Crippen LogP contribution in [0.5, 0.6) is 0 Å². The highest BCUT2D eigenvalue weighted by Crippen LogP contribution is 2.33. The van der Waals surface area contributed by atoms with Gasteiger partial charge in [0.1, 0.15) is 5.54 Å². The molecule has 1 saturated heterocycles. The predicted octanol–water partition coefficient (Wildman–Crippen LogP) is 0.367. The van der Waals surface area contributed by atoms with Crippen LogP contribution in [0.1, 0.15) is 40.0 Å². The number of carboxylic acids is 1. The highest BCUT2D eigenvalue weighted by atomic mass is 16.4. The monoisotopic (exact) mass is 268 g/mol. The number of hydrogen-bond acceptors (Lipinski definition) is 4. The van der Waals surface area contributed by atoms with E-state index in [0.29, 0.717) is 0 Å². The second-order valence-corrected chi connectivity index (χ2v) is 6.40. The number of carbonyl (C=O) groups is 3. The zero-order valence-corrected chi connectivity index (χ0v) is 11.5. The standard InChI is InChI=1S/C13H20N2O4/c1-12(2)6-9(16)15(10(12)17)7-13(3,11(18)19)14-8-4-5-8/h8,14H,4-7H2,1-3H3,(H,18,19). The van der Waals surface area contributed by atoms with Crippen molar-refractivity contribution in [2.24, 2.45) is 5.41 Å². The van der Waals surface area contributed by atoms with Crippen molar-refractivity contribution in [3.05, 3.63) is 0 Å². The van der Waals surface area contributed by atoms with Crippen molar-refractivity contribution in [2.75, 3.05) is 6.54 Å². The Kier molecular flexibility index (Phi) is 3.16. The number of amides is 2. The summed E-state index contributed by atoms with van der Waals surface area (Å²) in [5, 5.41) is 12.4. The zero-order chi connectivity index (χ0) is 14.4. The number of carbonyl (C=O) groups excluding carboxylic acids is 2. The Labute approximate surface area is 112 Å². The number of carboxylic acid groups (broad SMARTS) is 1. The van der Waals surface area contributed by atoms with Gasteiger partial charge in [-0.3, -0.25) is 24.6 Å². The van der Waals surface area contributed by atoms with Crippen LogP contribution in [-0.4, -0.2) is 45.9 Å². The zero-order valence-electron chi connectivity index (χ0n) is 11.5. The first-order valence-electron chi connectivity index (χ1n) is 6.52. The third kappa shape index (κ3) is 2.63. The van der Waals surface area contributed by atoms with E-state index in [1.165, 1.54) is 6.92 Å². The van der Waals surface area contributed by atoms with Gasteiger partial charge in [-0.15, -0.1) is 0 Å². The van der Waals surface area contributed by atoms with Gasteiger partial charge in [-0.1, -0.05) is 13.8 Å². The average Bonchev–Trinajstić information content (AvgIpc) is 3.04. The Bertz CT molecular complexity index is 442. The van der Waals surface area contributed by atoms with Gasteiger partial charge in [0.2, 0.25) is 11.8 Å². The summed E-state index contributed by atoms with van der Waals surface area (Å²) < 4.78 is 0. The van der Waals surface area contributed by atoms with Crippen LogP contribution in [0.3, 0.4) is 0 Å². The molecule has 2 aliphatic rings. The first-order valence-corrected chi connectivity index (χ1v) is 6.52. The van der Waals surface area contributed by atoms with Gasteiger partial charge < -0.3 is 5.11 Å². The summed E-state index contributed by atoms with van der Waals surface area (Å²) >= 11 is 0. The second-order valence-electron chi connectivity index (χ2n) is 6.40. The molecule has 2 N–H and O–H groups in total. The second kappa shape index (κ2) is 4.30. The van der Waals surface area contributed by atoms with E-state index >= 15 is 0 Å². The van der Waals surface area contributed by atoms with Gasteiger partial charge in [-0.05, 0) is 19.8 Å². The molecule has 0 radical (unpaired) electrons. The van der Waals surface area contributed by atoms with Crippen LogP contribution in [0.2, 0.25) is 0 Å². The van der Waals surface area contributed by atoms with E-state index in [4.69, 9.17) is 0 Å². The van der Waals surface area contributed by atoms with E-state index in [1.54, 1.807) is 13.8 Å². The fraction of sp³-hybridized carbons (Fsp3) is 0.769. The summed E-state index contributed by atoms with van der Waals surface area (Å²) in [5.74, 6) is -1.62. The molecule has 19 heavy (non-hydrogen) atoms. The lowest BCUT2D eigenvalue weighted by atomic mass is 9.92. The van der Waals surface area contributed by atoms with E-state index in [1.807, 2.05) is 0 Å². The maximum Gasteiger partial charge on any atom is 0.325 e. The highest BCUT2D eigenvalue weighted by Gasteiger charge is 2.49. The van der Waals surface area contributed by atoms with Crippen molar-refractivity contribution in [3.63, 3.8) is 0 Å². The summed E-state index contributed by atoms with van der Waals surface area (Å²) in [6.07, 6.45) is 2.03. The molecule has 1 aliphatic carbocycles. The molecular formula is C13H20N2O4.